The van der Waals surface area contributed by atoms with Crippen molar-refractivity contribution in [2.75, 3.05) is 0 Å². The van der Waals surface area contributed by atoms with Gasteiger partial charge in [-0.15, -0.1) is 0 Å². The third-order valence-electron chi connectivity index (χ3n) is 3.86. The van der Waals surface area contributed by atoms with Crippen molar-refractivity contribution >= 4 is 23.2 Å². The second-order valence-electron chi connectivity index (χ2n) is 5.57. The summed E-state index contributed by atoms with van der Waals surface area (Å²) in [7, 11) is 0. The highest BCUT2D eigenvalue weighted by atomic mass is 16.3. The smallest absolute Gasteiger partial charge is 0.282 e. The average Bonchev–Trinajstić information content (AvgIpc) is 3.21. The molecule has 2 aromatic heterocycles. The molecule has 0 atom stereocenters. The van der Waals surface area contributed by atoms with Crippen molar-refractivity contribution < 1.29 is 4.42 Å². The van der Waals surface area contributed by atoms with Crippen LogP contribution in [0.3, 0.4) is 0 Å². The number of hydrogen-bond donors (Lipinski definition) is 0. The van der Waals surface area contributed by atoms with Gasteiger partial charge in [-0.25, -0.2) is 4.98 Å². The van der Waals surface area contributed by atoms with Gasteiger partial charge < -0.3 is 4.42 Å². The summed E-state index contributed by atoms with van der Waals surface area (Å²) in [5.41, 5.74) is 1.26. The summed E-state index contributed by atoms with van der Waals surface area (Å²) >= 11 is 0. The Hall–Kier alpha value is -3.73. The number of hydrogen-bond acceptors (Lipinski definition) is 4. The molecule has 26 heavy (non-hydrogen) atoms. The van der Waals surface area contributed by atoms with Crippen LogP contribution in [0.4, 0.5) is 0 Å². The molecule has 0 unspecified atom stereocenters. The van der Waals surface area contributed by atoms with Gasteiger partial charge in [0, 0.05) is 11.8 Å². The van der Waals surface area contributed by atoms with E-state index in [4.69, 9.17) is 4.42 Å². The fraction of sp³-hybridized carbons (Fsp3) is 0. The minimum atomic E-state index is -0.211. The molecule has 4 rings (SSSR count). The van der Waals surface area contributed by atoms with Gasteiger partial charge in [-0.3, -0.25) is 4.79 Å². The molecule has 2 heterocycles. The van der Waals surface area contributed by atoms with E-state index in [1.54, 1.807) is 30.7 Å². The maximum absolute atomic E-state index is 12.9. The van der Waals surface area contributed by atoms with Crippen molar-refractivity contribution in [3.05, 3.63) is 95.2 Å². The van der Waals surface area contributed by atoms with Gasteiger partial charge in [-0.05, 0) is 36.4 Å². The van der Waals surface area contributed by atoms with E-state index in [9.17, 15) is 4.79 Å². The van der Waals surface area contributed by atoms with Gasteiger partial charge >= 0.3 is 0 Å². The van der Waals surface area contributed by atoms with Crippen LogP contribution in [0.1, 0.15) is 5.76 Å². The lowest BCUT2D eigenvalue weighted by atomic mass is 10.2. The molecule has 0 spiro atoms. The molecule has 0 radical (unpaired) electrons. The second kappa shape index (κ2) is 7.03. The Morgan fingerprint density at radius 2 is 1.77 bits per heavy atom. The predicted molar refractivity (Wildman–Crippen MR) is 103 cm³/mol. The molecule has 0 saturated heterocycles. The fourth-order valence-corrected chi connectivity index (χ4v) is 2.63. The number of nitrogens with zero attached hydrogens (tertiary/aromatic N) is 3. The van der Waals surface area contributed by atoms with Gasteiger partial charge in [-0.2, -0.15) is 9.78 Å². The molecule has 126 valence electrons. The molecule has 5 nitrogen and oxygen atoms in total. The minimum Gasteiger partial charge on any atom is -0.465 e. The Morgan fingerprint density at radius 1 is 0.962 bits per heavy atom. The maximum atomic E-state index is 12.9. The largest absolute Gasteiger partial charge is 0.465 e. The third kappa shape index (κ3) is 3.10. The number of benzene rings is 2. The van der Waals surface area contributed by atoms with E-state index in [1.165, 1.54) is 4.68 Å². The zero-order valence-electron chi connectivity index (χ0n) is 13.8. The summed E-state index contributed by atoms with van der Waals surface area (Å²) in [6.45, 7) is 0. The Morgan fingerprint density at radius 3 is 2.58 bits per heavy atom. The minimum absolute atomic E-state index is 0.211. The van der Waals surface area contributed by atoms with E-state index in [0.717, 1.165) is 5.56 Å². The highest BCUT2D eigenvalue weighted by Gasteiger charge is 2.11. The van der Waals surface area contributed by atoms with Crippen LogP contribution in [0, 0.1) is 0 Å². The Kier molecular flexibility index (Phi) is 4.26. The van der Waals surface area contributed by atoms with Crippen molar-refractivity contribution in [3.8, 4) is 11.4 Å². The van der Waals surface area contributed by atoms with Crippen LogP contribution in [-0.4, -0.2) is 15.9 Å². The van der Waals surface area contributed by atoms with Gasteiger partial charge in [0.25, 0.3) is 5.56 Å². The molecular weight excluding hydrogens is 326 g/mol. The fourth-order valence-electron chi connectivity index (χ4n) is 2.63. The molecule has 2 aromatic carbocycles. The summed E-state index contributed by atoms with van der Waals surface area (Å²) in [5.74, 6) is 1.21. The van der Waals surface area contributed by atoms with E-state index in [0.29, 0.717) is 22.5 Å². The van der Waals surface area contributed by atoms with E-state index in [1.807, 2.05) is 60.7 Å². The molecular formula is C21H15N3O2. The first-order chi connectivity index (χ1) is 12.8. The lowest BCUT2D eigenvalue weighted by Crippen LogP contribution is -2.20. The van der Waals surface area contributed by atoms with E-state index in [2.05, 4.69) is 10.1 Å². The van der Waals surface area contributed by atoms with E-state index < -0.39 is 0 Å². The van der Waals surface area contributed by atoms with Crippen molar-refractivity contribution in [3.63, 3.8) is 0 Å². The first-order valence-corrected chi connectivity index (χ1v) is 8.15. The lowest BCUT2D eigenvalue weighted by Gasteiger charge is -2.08. The molecule has 4 aromatic rings. The van der Waals surface area contributed by atoms with Crippen LogP contribution < -0.4 is 5.56 Å². The van der Waals surface area contributed by atoms with Crippen molar-refractivity contribution in [1.29, 1.82) is 0 Å². The van der Waals surface area contributed by atoms with Gasteiger partial charge in [-0.1, -0.05) is 42.5 Å². The van der Waals surface area contributed by atoms with Crippen molar-refractivity contribution in [1.82, 2.24) is 9.66 Å². The number of furan rings is 1. The Labute approximate surface area is 149 Å². The standard InChI is InChI=1S/C21H15N3O2/c25-21-18-12-4-5-13-19(18)23-20(16-8-2-1-3-9-16)24(21)22-14-6-10-17-11-7-15-26-17/h1-15H/b10-6+,22-14?. The quantitative estimate of drug-likeness (QED) is 0.523. The van der Waals surface area contributed by atoms with Crippen LogP contribution in [0.2, 0.25) is 0 Å². The molecule has 0 aliphatic heterocycles. The van der Waals surface area contributed by atoms with Gasteiger partial charge in [0.15, 0.2) is 5.82 Å². The molecule has 0 saturated carbocycles. The highest BCUT2D eigenvalue weighted by Crippen LogP contribution is 2.18. The molecule has 0 N–H and O–H groups in total. The van der Waals surface area contributed by atoms with Crippen molar-refractivity contribution in [2.24, 2.45) is 5.10 Å². The summed E-state index contributed by atoms with van der Waals surface area (Å²) in [5, 5.41) is 4.85. The van der Waals surface area contributed by atoms with Gasteiger partial charge in [0.2, 0.25) is 0 Å². The molecule has 0 fully saturated rings. The van der Waals surface area contributed by atoms with Crippen molar-refractivity contribution in [2.45, 2.75) is 0 Å². The SMILES string of the molecule is O=c1c2ccccc2nc(-c2ccccc2)n1N=C/C=C/c1ccco1. The number of fused-ring (bicyclic) bond motifs is 1. The first kappa shape index (κ1) is 15.8. The molecule has 0 amide bonds. The first-order valence-electron chi connectivity index (χ1n) is 8.15. The summed E-state index contributed by atoms with van der Waals surface area (Å²) < 4.78 is 6.55. The maximum Gasteiger partial charge on any atom is 0.282 e. The highest BCUT2D eigenvalue weighted by molar-refractivity contribution is 5.81. The summed E-state index contributed by atoms with van der Waals surface area (Å²) in [6.07, 6.45) is 6.63. The van der Waals surface area contributed by atoms with E-state index in [-0.39, 0.29) is 5.56 Å². The summed E-state index contributed by atoms with van der Waals surface area (Å²) in [4.78, 5) is 17.6. The molecule has 0 aliphatic rings. The Bertz CT molecular complexity index is 1140. The zero-order valence-corrected chi connectivity index (χ0v) is 13.8. The number of rotatable bonds is 4. The lowest BCUT2D eigenvalue weighted by molar-refractivity contribution is 0.557. The van der Waals surface area contributed by atoms with Crippen LogP contribution >= 0.6 is 0 Å². The number of allylic oxidation sites excluding steroid dienone is 1. The van der Waals surface area contributed by atoms with Gasteiger partial charge in [0.05, 0.1) is 17.2 Å². The van der Waals surface area contributed by atoms with Gasteiger partial charge in [0.1, 0.15) is 5.76 Å². The molecule has 0 aliphatic carbocycles. The number of para-hydroxylation sites is 1. The van der Waals surface area contributed by atoms with Crippen LogP contribution in [0.5, 0.6) is 0 Å². The van der Waals surface area contributed by atoms with E-state index >= 15 is 0 Å². The average molecular weight is 341 g/mol. The third-order valence-corrected chi connectivity index (χ3v) is 3.86. The van der Waals surface area contributed by atoms with Crippen LogP contribution in [-0.2, 0) is 0 Å². The summed E-state index contributed by atoms with van der Waals surface area (Å²) in [6, 6.07) is 20.4. The van der Waals surface area contributed by atoms with Crippen LogP contribution in [0.15, 0.2) is 93.4 Å². The normalized spacial score (nSPS) is 11.7. The molecule has 0 bridgehead atoms. The van der Waals surface area contributed by atoms with Crippen LogP contribution in [0.25, 0.3) is 28.4 Å². The second-order valence-corrected chi connectivity index (χ2v) is 5.57. The zero-order chi connectivity index (χ0) is 17.8. The predicted octanol–water partition coefficient (Wildman–Crippen LogP) is 4.20. The molecule has 5 heteroatoms. The monoisotopic (exact) mass is 341 g/mol. The Balaban J connectivity index is 1.83. The topological polar surface area (TPSA) is 60.4 Å². The number of aromatic nitrogens is 2.